The Balaban J connectivity index is 1.14. The Bertz CT molecular complexity index is 2230. The van der Waals surface area contributed by atoms with Crippen LogP contribution in [0.2, 0.25) is 0 Å². The van der Waals surface area contributed by atoms with Crippen molar-refractivity contribution in [3.05, 3.63) is 192 Å². The maximum absolute atomic E-state index is 2.40. The fourth-order valence-corrected chi connectivity index (χ4v) is 7.33. The first-order valence-electron chi connectivity index (χ1n) is 17.1. The summed E-state index contributed by atoms with van der Waals surface area (Å²) in [6, 6.07) is 61.7. The number of anilines is 6. The van der Waals surface area contributed by atoms with Crippen LogP contribution in [0.25, 0.3) is 22.3 Å². The maximum Gasteiger partial charge on any atom is 0.0463 e. The Morgan fingerprint density at radius 1 is 0.347 bits per heavy atom. The predicted octanol–water partition coefficient (Wildman–Crippen LogP) is 13.2. The van der Waals surface area contributed by atoms with E-state index in [1.165, 1.54) is 44.5 Å². The molecule has 7 aromatic carbocycles. The Morgan fingerprint density at radius 2 is 0.714 bits per heavy atom. The summed E-state index contributed by atoms with van der Waals surface area (Å²) >= 11 is 0. The van der Waals surface area contributed by atoms with Crippen molar-refractivity contribution in [3.63, 3.8) is 0 Å². The van der Waals surface area contributed by atoms with Crippen LogP contribution in [0.3, 0.4) is 0 Å². The lowest BCUT2D eigenvalue weighted by Crippen LogP contribution is -2.15. The summed E-state index contributed by atoms with van der Waals surface area (Å²) in [5.74, 6) is 0. The quantitative estimate of drug-likeness (QED) is 0.172. The second kappa shape index (κ2) is 12.3. The van der Waals surface area contributed by atoms with Gasteiger partial charge in [-0.3, -0.25) is 0 Å². The minimum absolute atomic E-state index is 0.0293. The van der Waals surface area contributed by atoms with Gasteiger partial charge in [0.2, 0.25) is 0 Å². The van der Waals surface area contributed by atoms with Crippen LogP contribution in [0.15, 0.2) is 170 Å². The normalized spacial score (nSPS) is 12.7. The average molecular weight is 633 g/mol. The van der Waals surface area contributed by atoms with Gasteiger partial charge in [0.25, 0.3) is 0 Å². The first kappa shape index (κ1) is 30.5. The zero-order valence-electron chi connectivity index (χ0n) is 28.6. The van der Waals surface area contributed by atoms with Gasteiger partial charge in [0, 0.05) is 39.5 Å². The molecular weight excluding hydrogens is 593 g/mol. The van der Waals surface area contributed by atoms with Crippen molar-refractivity contribution in [2.24, 2.45) is 0 Å². The van der Waals surface area contributed by atoms with Crippen LogP contribution in [0.5, 0.6) is 0 Å². The van der Waals surface area contributed by atoms with E-state index in [2.05, 4.69) is 207 Å². The molecule has 8 rings (SSSR count). The third-order valence-electron chi connectivity index (χ3n) is 9.98. The van der Waals surface area contributed by atoms with Gasteiger partial charge >= 0.3 is 0 Å². The molecule has 0 amide bonds. The molecule has 0 saturated heterocycles. The van der Waals surface area contributed by atoms with E-state index >= 15 is 0 Å². The second-order valence-corrected chi connectivity index (χ2v) is 13.7. The molecule has 0 saturated carbocycles. The van der Waals surface area contributed by atoms with E-state index in [4.69, 9.17) is 0 Å². The van der Waals surface area contributed by atoms with E-state index in [-0.39, 0.29) is 5.41 Å². The van der Waals surface area contributed by atoms with Crippen molar-refractivity contribution in [2.75, 3.05) is 9.80 Å². The van der Waals surface area contributed by atoms with Crippen molar-refractivity contribution in [1.29, 1.82) is 0 Å². The number of aryl methyl sites for hydroxylation is 2. The van der Waals surface area contributed by atoms with Crippen LogP contribution >= 0.6 is 0 Å². The summed E-state index contributed by atoms with van der Waals surface area (Å²) in [5.41, 5.74) is 17.2. The SMILES string of the molecule is Cc1ccc(N(c2ccccc2)c2ccc(N(c3ccccc3)c3ccc(-c4ccc5c(c4)C(C)(C)c4cc(C)ccc4-5)cc3)cc2)cc1. The van der Waals surface area contributed by atoms with Crippen molar-refractivity contribution in [3.8, 4) is 22.3 Å². The topological polar surface area (TPSA) is 6.48 Å². The molecule has 2 nitrogen and oxygen atoms in total. The smallest absolute Gasteiger partial charge is 0.0463 e. The molecule has 0 N–H and O–H groups in total. The van der Waals surface area contributed by atoms with Gasteiger partial charge in [-0.05, 0) is 126 Å². The van der Waals surface area contributed by atoms with E-state index in [9.17, 15) is 0 Å². The van der Waals surface area contributed by atoms with Gasteiger partial charge in [-0.2, -0.15) is 0 Å². The summed E-state index contributed by atoms with van der Waals surface area (Å²) in [6.45, 7) is 9.02. The van der Waals surface area contributed by atoms with E-state index in [1.807, 2.05) is 0 Å². The number of hydrogen-bond acceptors (Lipinski definition) is 2. The van der Waals surface area contributed by atoms with E-state index in [0.29, 0.717) is 0 Å². The van der Waals surface area contributed by atoms with Crippen LogP contribution in [-0.2, 0) is 5.41 Å². The Morgan fingerprint density at radius 3 is 1.22 bits per heavy atom. The molecule has 49 heavy (non-hydrogen) atoms. The van der Waals surface area contributed by atoms with Gasteiger partial charge in [0.1, 0.15) is 0 Å². The molecule has 1 aliphatic carbocycles. The number of hydrogen-bond donors (Lipinski definition) is 0. The molecule has 0 aliphatic heterocycles. The molecule has 238 valence electrons. The van der Waals surface area contributed by atoms with Gasteiger partial charge in [-0.15, -0.1) is 0 Å². The lowest BCUT2D eigenvalue weighted by Gasteiger charge is -2.28. The van der Waals surface area contributed by atoms with Crippen molar-refractivity contribution in [2.45, 2.75) is 33.1 Å². The highest BCUT2D eigenvalue weighted by atomic mass is 15.2. The lowest BCUT2D eigenvalue weighted by molar-refractivity contribution is 0.660. The fraction of sp³-hybridized carbons (Fsp3) is 0.106. The van der Waals surface area contributed by atoms with Gasteiger partial charge in [0.15, 0.2) is 0 Å². The van der Waals surface area contributed by atoms with E-state index in [1.54, 1.807) is 0 Å². The number of nitrogens with zero attached hydrogens (tertiary/aromatic N) is 2. The van der Waals surface area contributed by atoms with Crippen LogP contribution in [0, 0.1) is 13.8 Å². The van der Waals surface area contributed by atoms with Crippen molar-refractivity contribution >= 4 is 34.1 Å². The summed E-state index contributed by atoms with van der Waals surface area (Å²) in [7, 11) is 0. The third kappa shape index (κ3) is 5.60. The summed E-state index contributed by atoms with van der Waals surface area (Å²) < 4.78 is 0. The summed E-state index contributed by atoms with van der Waals surface area (Å²) in [6.07, 6.45) is 0. The highest BCUT2D eigenvalue weighted by molar-refractivity contribution is 5.85. The summed E-state index contributed by atoms with van der Waals surface area (Å²) in [4.78, 5) is 4.64. The lowest BCUT2D eigenvalue weighted by atomic mass is 9.81. The maximum atomic E-state index is 2.40. The van der Waals surface area contributed by atoms with Gasteiger partial charge < -0.3 is 9.80 Å². The molecule has 0 atom stereocenters. The highest BCUT2D eigenvalue weighted by Crippen LogP contribution is 2.50. The molecule has 0 heterocycles. The van der Waals surface area contributed by atoms with Gasteiger partial charge in [-0.1, -0.05) is 116 Å². The Labute approximate surface area is 290 Å². The predicted molar refractivity (Wildman–Crippen MR) is 208 cm³/mol. The largest absolute Gasteiger partial charge is 0.311 e. The first-order chi connectivity index (χ1) is 23.9. The van der Waals surface area contributed by atoms with Crippen LogP contribution in [0.1, 0.15) is 36.1 Å². The minimum Gasteiger partial charge on any atom is -0.311 e. The van der Waals surface area contributed by atoms with Gasteiger partial charge in [-0.25, -0.2) is 0 Å². The molecule has 2 heteroatoms. The fourth-order valence-electron chi connectivity index (χ4n) is 7.33. The average Bonchev–Trinajstić information content (AvgIpc) is 3.36. The number of rotatable bonds is 7. The summed E-state index contributed by atoms with van der Waals surface area (Å²) in [5, 5.41) is 0. The molecule has 0 unspecified atom stereocenters. The molecule has 1 aliphatic rings. The van der Waals surface area contributed by atoms with Crippen LogP contribution < -0.4 is 9.80 Å². The Kier molecular flexibility index (Phi) is 7.65. The molecule has 0 aromatic heterocycles. The van der Waals surface area contributed by atoms with Crippen LogP contribution in [0.4, 0.5) is 34.1 Å². The number of para-hydroxylation sites is 2. The minimum atomic E-state index is -0.0293. The van der Waals surface area contributed by atoms with Gasteiger partial charge in [0.05, 0.1) is 0 Å². The second-order valence-electron chi connectivity index (χ2n) is 13.7. The number of fused-ring (bicyclic) bond motifs is 3. The molecular formula is C47H40N2. The first-order valence-corrected chi connectivity index (χ1v) is 17.1. The standard InChI is InChI=1S/C47H40N2/c1-33-15-21-39(22-16-33)48(37-11-7-5-8-12-37)41-25-27-42(28-26-41)49(38-13-9-6-10-14-38)40-23-18-35(19-24-40)36-20-30-44-43-29-17-34(2)31-45(43)47(3,4)46(44)32-36/h5-32H,1-4H3. The molecule has 0 spiro atoms. The van der Waals surface area contributed by atoms with Crippen LogP contribution in [-0.4, -0.2) is 0 Å². The third-order valence-corrected chi connectivity index (χ3v) is 9.98. The molecule has 0 bridgehead atoms. The molecule has 0 radical (unpaired) electrons. The zero-order chi connectivity index (χ0) is 33.5. The molecule has 7 aromatic rings. The number of benzene rings is 7. The van der Waals surface area contributed by atoms with Crippen molar-refractivity contribution in [1.82, 2.24) is 0 Å². The monoisotopic (exact) mass is 632 g/mol. The van der Waals surface area contributed by atoms with E-state index in [0.717, 1.165) is 34.1 Å². The highest BCUT2D eigenvalue weighted by Gasteiger charge is 2.35. The zero-order valence-corrected chi connectivity index (χ0v) is 28.6. The molecule has 0 fully saturated rings. The Hall–Kier alpha value is -5.86. The van der Waals surface area contributed by atoms with Crippen molar-refractivity contribution < 1.29 is 0 Å². The van der Waals surface area contributed by atoms with E-state index < -0.39 is 0 Å².